The van der Waals surface area contributed by atoms with E-state index in [4.69, 9.17) is 0 Å². The summed E-state index contributed by atoms with van der Waals surface area (Å²) in [5.74, 6) is 0.234. The number of rotatable bonds is 4. The van der Waals surface area contributed by atoms with Crippen LogP contribution in [0.25, 0.3) is 0 Å². The number of hydrogen-bond acceptors (Lipinski definition) is 2. The molecule has 1 unspecified atom stereocenters. The molecule has 0 aliphatic rings. The standard InChI is InChI=1S/C17H27NO/c1-12-10-14(17(3,4)5)8-9-15(12)16(18(6)7)11-13(2)19/h8-10,16H,11H2,1-7H3. The number of aryl methyl sites for hydroxylation is 1. The largest absolute Gasteiger partial charge is 0.302 e. The van der Waals surface area contributed by atoms with Gasteiger partial charge < -0.3 is 4.90 Å². The van der Waals surface area contributed by atoms with E-state index in [9.17, 15) is 4.79 Å². The summed E-state index contributed by atoms with van der Waals surface area (Å²) in [6.45, 7) is 10.5. The highest BCUT2D eigenvalue weighted by atomic mass is 16.1. The Kier molecular flexibility index (Phi) is 4.92. The molecule has 2 heteroatoms. The average Bonchev–Trinajstić information content (AvgIpc) is 2.24. The predicted molar refractivity (Wildman–Crippen MR) is 81.6 cm³/mol. The first-order chi connectivity index (χ1) is 8.62. The fourth-order valence-corrected chi connectivity index (χ4v) is 2.36. The molecule has 0 aliphatic carbocycles. The fraction of sp³-hybridized carbons (Fsp3) is 0.588. The number of Topliss-reactive ketones (excluding diaryl/α,β-unsaturated/α-hetero) is 1. The van der Waals surface area contributed by atoms with Crippen molar-refractivity contribution in [3.05, 3.63) is 34.9 Å². The Morgan fingerprint density at radius 2 is 1.84 bits per heavy atom. The van der Waals surface area contributed by atoms with Gasteiger partial charge in [-0.2, -0.15) is 0 Å². The number of hydrogen-bond donors (Lipinski definition) is 0. The second-order valence-electron chi connectivity index (χ2n) is 6.71. The van der Waals surface area contributed by atoms with Crippen LogP contribution in [0.5, 0.6) is 0 Å². The molecule has 0 spiro atoms. The van der Waals surface area contributed by atoms with Crippen LogP contribution < -0.4 is 0 Å². The summed E-state index contributed by atoms with van der Waals surface area (Å²) in [5.41, 5.74) is 4.03. The minimum absolute atomic E-state index is 0.164. The van der Waals surface area contributed by atoms with E-state index in [1.807, 2.05) is 14.1 Å². The van der Waals surface area contributed by atoms with Gasteiger partial charge in [-0.1, -0.05) is 39.0 Å². The maximum absolute atomic E-state index is 11.4. The van der Waals surface area contributed by atoms with Gasteiger partial charge in [-0.3, -0.25) is 4.79 Å². The van der Waals surface area contributed by atoms with E-state index in [-0.39, 0.29) is 17.2 Å². The van der Waals surface area contributed by atoms with E-state index in [0.29, 0.717) is 6.42 Å². The molecule has 0 radical (unpaired) electrons. The zero-order chi connectivity index (χ0) is 14.8. The highest BCUT2D eigenvalue weighted by molar-refractivity contribution is 5.76. The van der Waals surface area contributed by atoms with Gasteiger partial charge in [-0.15, -0.1) is 0 Å². The van der Waals surface area contributed by atoms with Crippen LogP contribution >= 0.6 is 0 Å². The van der Waals surface area contributed by atoms with Crippen LogP contribution in [0, 0.1) is 6.92 Å². The minimum atomic E-state index is 0.164. The van der Waals surface area contributed by atoms with E-state index in [1.54, 1.807) is 6.92 Å². The van der Waals surface area contributed by atoms with Crippen molar-refractivity contribution >= 4 is 5.78 Å². The molecule has 1 rings (SSSR count). The van der Waals surface area contributed by atoms with Crippen LogP contribution in [0.2, 0.25) is 0 Å². The lowest BCUT2D eigenvalue weighted by atomic mass is 9.84. The zero-order valence-corrected chi connectivity index (χ0v) is 13.4. The number of carbonyl (C=O) groups excluding carboxylic acids is 1. The van der Waals surface area contributed by atoms with Crippen LogP contribution in [0.1, 0.15) is 56.8 Å². The van der Waals surface area contributed by atoms with Crippen LogP contribution in [0.15, 0.2) is 18.2 Å². The molecule has 0 aliphatic heterocycles. The molecule has 0 heterocycles. The molecule has 106 valence electrons. The van der Waals surface area contributed by atoms with Crippen molar-refractivity contribution in [1.82, 2.24) is 4.90 Å². The predicted octanol–water partition coefficient (Wildman–Crippen LogP) is 3.87. The maximum Gasteiger partial charge on any atom is 0.131 e. The van der Waals surface area contributed by atoms with Gasteiger partial charge >= 0.3 is 0 Å². The van der Waals surface area contributed by atoms with Gasteiger partial charge in [-0.25, -0.2) is 0 Å². The van der Waals surface area contributed by atoms with Crippen LogP contribution in [0.3, 0.4) is 0 Å². The first-order valence-corrected chi connectivity index (χ1v) is 6.90. The van der Waals surface area contributed by atoms with Gasteiger partial charge in [0, 0.05) is 12.5 Å². The first kappa shape index (κ1) is 15.9. The summed E-state index contributed by atoms with van der Waals surface area (Å²) >= 11 is 0. The smallest absolute Gasteiger partial charge is 0.131 e. The Hall–Kier alpha value is -1.15. The number of benzene rings is 1. The molecule has 0 amide bonds. The quantitative estimate of drug-likeness (QED) is 0.820. The Labute approximate surface area is 117 Å². The van der Waals surface area contributed by atoms with Gasteiger partial charge in [0.25, 0.3) is 0 Å². The van der Waals surface area contributed by atoms with Gasteiger partial charge in [0.15, 0.2) is 0 Å². The van der Waals surface area contributed by atoms with Crippen molar-refractivity contribution in [1.29, 1.82) is 0 Å². The number of nitrogens with zero attached hydrogens (tertiary/aromatic N) is 1. The molecule has 19 heavy (non-hydrogen) atoms. The second kappa shape index (κ2) is 5.87. The van der Waals surface area contributed by atoms with Crippen molar-refractivity contribution in [2.45, 2.75) is 52.5 Å². The number of ketones is 1. The Bertz CT molecular complexity index is 455. The lowest BCUT2D eigenvalue weighted by molar-refractivity contribution is -0.118. The second-order valence-corrected chi connectivity index (χ2v) is 6.71. The highest BCUT2D eigenvalue weighted by Gasteiger charge is 2.20. The zero-order valence-electron chi connectivity index (χ0n) is 13.4. The third-order valence-corrected chi connectivity index (χ3v) is 3.60. The van der Waals surface area contributed by atoms with Crippen LogP contribution in [-0.4, -0.2) is 24.8 Å². The summed E-state index contributed by atoms with van der Waals surface area (Å²) < 4.78 is 0. The van der Waals surface area contributed by atoms with Gasteiger partial charge in [0.05, 0.1) is 0 Å². The maximum atomic E-state index is 11.4. The minimum Gasteiger partial charge on any atom is -0.302 e. The Morgan fingerprint density at radius 1 is 1.26 bits per heavy atom. The molecule has 0 fully saturated rings. The molecule has 0 aromatic heterocycles. The molecule has 2 nitrogen and oxygen atoms in total. The molecule has 0 bridgehead atoms. The van der Waals surface area contributed by atoms with E-state index in [0.717, 1.165) is 0 Å². The topological polar surface area (TPSA) is 20.3 Å². The first-order valence-electron chi connectivity index (χ1n) is 6.90. The summed E-state index contributed by atoms with van der Waals surface area (Å²) in [6, 6.07) is 6.81. The van der Waals surface area contributed by atoms with Crippen molar-refractivity contribution < 1.29 is 4.79 Å². The van der Waals surface area contributed by atoms with E-state index in [1.165, 1.54) is 16.7 Å². The SMILES string of the molecule is CC(=O)CC(c1ccc(C(C)(C)C)cc1C)N(C)C. The van der Waals surface area contributed by atoms with Gasteiger partial charge in [0.1, 0.15) is 5.78 Å². The number of carbonyl (C=O) groups is 1. The molecular formula is C17H27NO. The third kappa shape index (κ3) is 4.17. The van der Waals surface area contributed by atoms with Crippen LogP contribution in [-0.2, 0) is 10.2 Å². The van der Waals surface area contributed by atoms with Crippen molar-refractivity contribution in [3.8, 4) is 0 Å². The molecule has 0 N–H and O–H groups in total. The lowest BCUT2D eigenvalue weighted by Gasteiger charge is -2.27. The van der Waals surface area contributed by atoms with E-state index < -0.39 is 0 Å². The van der Waals surface area contributed by atoms with Crippen molar-refractivity contribution in [3.63, 3.8) is 0 Å². The molecule has 1 aromatic rings. The van der Waals surface area contributed by atoms with Crippen LogP contribution in [0.4, 0.5) is 0 Å². The summed E-state index contributed by atoms with van der Waals surface area (Å²) in [6.07, 6.45) is 0.572. The summed E-state index contributed by atoms with van der Waals surface area (Å²) in [4.78, 5) is 13.6. The third-order valence-electron chi connectivity index (χ3n) is 3.60. The van der Waals surface area contributed by atoms with Crippen molar-refractivity contribution in [2.24, 2.45) is 0 Å². The molecule has 1 atom stereocenters. The monoisotopic (exact) mass is 261 g/mol. The Balaban J connectivity index is 3.16. The van der Waals surface area contributed by atoms with Gasteiger partial charge in [0.2, 0.25) is 0 Å². The van der Waals surface area contributed by atoms with E-state index >= 15 is 0 Å². The molecule has 0 saturated carbocycles. The highest BCUT2D eigenvalue weighted by Crippen LogP contribution is 2.30. The molecule has 0 saturated heterocycles. The summed E-state index contributed by atoms with van der Waals surface area (Å²) in [5, 5.41) is 0. The lowest BCUT2D eigenvalue weighted by Crippen LogP contribution is -2.23. The average molecular weight is 261 g/mol. The van der Waals surface area contributed by atoms with Crippen molar-refractivity contribution in [2.75, 3.05) is 14.1 Å². The van der Waals surface area contributed by atoms with Gasteiger partial charge in [-0.05, 0) is 50.0 Å². The summed E-state index contributed by atoms with van der Waals surface area (Å²) in [7, 11) is 4.06. The fourth-order valence-electron chi connectivity index (χ4n) is 2.36. The molecular weight excluding hydrogens is 234 g/mol. The van der Waals surface area contributed by atoms with E-state index in [2.05, 4.69) is 50.8 Å². The Morgan fingerprint density at radius 3 is 2.21 bits per heavy atom. The normalized spacial score (nSPS) is 13.7. The molecule has 1 aromatic carbocycles.